The van der Waals surface area contributed by atoms with Crippen LogP contribution in [0.1, 0.15) is 11.1 Å². The van der Waals surface area contributed by atoms with E-state index in [4.69, 9.17) is 9.47 Å². The fraction of sp³-hybridized carbons (Fsp3) is 0.115. The molecule has 0 aromatic heterocycles. The van der Waals surface area contributed by atoms with Gasteiger partial charge in [0.2, 0.25) is 5.91 Å². The number of rotatable bonds is 8. The normalized spacial score (nSPS) is 14.2. The molecule has 202 valence electrons. The number of nitrogens with zero attached hydrogens (tertiary/aromatic N) is 1. The first-order valence-corrected chi connectivity index (χ1v) is 13.4. The first kappa shape index (κ1) is 28.7. The number of ether oxygens (including phenoxy) is 2. The zero-order valence-corrected chi connectivity index (χ0v) is 23.9. The Balaban J connectivity index is 1.47. The number of carbonyl (C=O) groups excluding carboxylic acids is 3. The number of carbonyl (C=O) groups is 3. The number of amides is 3. The van der Waals surface area contributed by atoms with Crippen molar-refractivity contribution in [1.29, 1.82) is 0 Å². The van der Waals surface area contributed by atoms with E-state index in [1.807, 2.05) is 29.6 Å². The van der Waals surface area contributed by atoms with Crippen LogP contribution in [-0.4, -0.2) is 35.6 Å². The number of nitrogens with one attached hydrogen (secondary N) is 1. The van der Waals surface area contributed by atoms with E-state index in [1.54, 1.807) is 12.1 Å². The van der Waals surface area contributed by atoms with Crippen LogP contribution in [0.2, 0.25) is 0 Å². The summed E-state index contributed by atoms with van der Waals surface area (Å²) in [6.07, 6.45) is 1.45. The summed E-state index contributed by atoms with van der Waals surface area (Å²) < 4.78 is 53.2. The highest BCUT2D eigenvalue weighted by Gasteiger charge is 2.36. The molecule has 0 aliphatic carbocycles. The molecule has 1 aliphatic rings. The Morgan fingerprint density at radius 1 is 1.05 bits per heavy atom. The van der Waals surface area contributed by atoms with Crippen molar-refractivity contribution in [3.8, 4) is 11.5 Å². The van der Waals surface area contributed by atoms with E-state index < -0.39 is 46.7 Å². The fourth-order valence-corrected chi connectivity index (χ4v) is 5.12. The molecule has 1 aliphatic heterocycles. The van der Waals surface area contributed by atoms with Crippen molar-refractivity contribution < 1.29 is 37.0 Å². The van der Waals surface area contributed by atoms with Crippen molar-refractivity contribution in [3.63, 3.8) is 0 Å². The Bertz CT molecular complexity index is 1500. The summed E-state index contributed by atoms with van der Waals surface area (Å²) in [6.45, 7) is -0.479. The van der Waals surface area contributed by atoms with Crippen LogP contribution >= 0.6 is 43.6 Å². The number of methoxy groups -OCH3 is 1. The van der Waals surface area contributed by atoms with Crippen LogP contribution in [0.15, 0.2) is 62.4 Å². The summed E-state index contributed by atoms with van der Waals surface area (Å²) in [4.78, 5) is 38.3. The number of hydrogen-bond donors (Lipinski definition) is 1. The van der Waals surface area contributed by atoms with Crippen molar-refractivity contribution in [3.05, 3.63) is 91.0 Å². The molecule has 1 saturated heterocycles. The second kappa shape index (κ2) is 12.3. The van der Waals surface area contributed by atoms with Crippen molar-refractivity contribution >= 4 is 72.4 Å². The van der Waals surface area contributed by atoms with Gasteiger partial charge in [-0.2, -0.15) is 0 Å². The monoisotopic (exact) mass is 684 g/mol. The van der Waals surface area contributed by atoms with Crippen molar-refractivity contribution in [2.75, 3.05) is 19.0 Å². The Morgan fingerprint density at radius 3 is 2.46 bits per heavy atom. The van der Waals surface area contributed by atoms with Crippen LogP contribution in [-0.2, 0) is 16.2 Å². The summed E-state index contributed by atoms with van der Waals surface area (Å²) in [6, 6.07) is 12.4. The third-order valence-electron chi connectivity index (χ3n) is 5.33. The van der Waals surface area contributed by atoms with Crippen LogP contribution in [0, 0.1) is 17.5 Å². The molecule has 3 aromatic rings. The topological polar surface area (TPSA) is 84.9 Å². The second-order valence-electron chi connectivity index (χ2n) is 7.99. The lowest BCUT2D eigenvalue weighted by Crippen LogP contribution is -2.36. The van der Waals surface area contributed by atoms with E-state index >= 15 is 0 Å². The molecule has 0 saturated carbocycles. The molecule has 1 fully saturated rings. The van der Waals surface area contributed by atoms with Crippen molar-refractivity contribution in [2.45, 2.75) is 6.61 Å². The smallest absolute Gasteiger partial charge is 0.294 e. The molecule has 1 N–H and O–H groups in total. The molecule has 39 heavy (non-hydrogen) atoms. The average molecular weight is 686 g/mol. The Morgan fingerprint density at radius 2 is 1.77 bits per heavy atom. The van der Waals surface area contributed by atoms with E-state index in [0.717, 1.165) is 16.1 Å². The quantitative estimate of drug-likeness (QED) is 0.205. The molecule has 1 heterocycles. The number of hydrogen-bond acceptors (Lipinski definition) is 6. The summed E-state index contributed by atoms with van der Waals surface area (Å²) in [7, 11) is 1.46. The molecule has 3 aromatic carbocycles. The average Bonchev–Trinajstić information content (AvgIpc) is 3.16. The molecular formula is C26H17Br2F3N2O5S. The van der Waals surface area contributed by atoms with Gasteiger partial charge in [0, 0.05) is 4.47 Å². The molecule has 0 atom stereocenters. The minimum atomic E-state index is -1.76. The highest BCUT2D eigenvalue weighted by atomic mass is 79.9. The number of benzene rings is 3. The van der Waals surface area contributed by atoms with Crippen LogP contribution in [0.3, 0.4) is 0 Å². The third kappa shape index (κ3) is 6.65. The van der Waals surface area contributed by atoms with E-state index in [-0.39, 0.29) is 11.5 Å². The number of thioether (sulfide) groups is 1. The summed E-state index contributed by atoms with van der Waals surface area (Å²) >= 11 is 7.44. The molecule has 0 spiro atoms. The summed E-state index contributed by atoms with van der Waals surface area (Å²) in [5.74, 6) is -5.69. The van der Waals surface area contributed by atoms with Crippen LogP contribution in [0.25, 0.3) is 6.08 Å². The highest BCUT2D eigenvalue weighted by Crippen LogP contribution is 2.39. The molecule has 3 amide bonds. The van der Waals surface area contributed by atoms with E-state index in [2.05, 4.69) is 31.9 Å². The van der Waals surface area contributed by atoms with Crippen LogP contribution < -0.4 is 14.8 Å². The zero-order chi connectivity index (χ0) is 28.3. The summed E-state index contributed by atoms with van der Waals surface area (Å²) in [5, 5.41) is 1.30. The third-order valence-corrected chi connectivity index (χ3v) is 7.36. The molecular weight excluding hydrogens is 669 g/mol. The lowest BCUT2D eigenvalue weighted by Gasteiger charge is -2.14. The Hall–Kier alpha value is -3.29. The minimum absolute atomic E-state index is 0.0318. The van der Waals surface area contributed by atoms with E-state index in [9.17, 15) is 27.6 Å². The van der Waals surface area contributed by atoms with Crippen molar-refractivity contribution in [1.82, 2.24) is 4.90 Å². The van der Waals surface area contributed by atoms with Gasteiger partial charge in [-0.25, -0.2) is 13.2 Å². The largest absolute Gasteiger partial charge is 0.493 e. The predicted molar refractivity (Wildman–Crippen MR) is 147 cm³/mol. The molecule has 0 unspecified atom stereocenters. The molecule has 0 radical (unpaired) electrons. The Labute approximate surface area is 241 Å². The van der Waals surface area contributed by atoms with Crippen LogP contribution in [0.4, 0.5) is 23.7 Å². The van der Waals surface area contributed by atoms with E-state index in [0.29, 0.717) is 44.3 Å². The molecule has 13 heteroatoms. The predicted octanol–water partition coefficient (Wildman–Crippen LogP) is 6.89. The maximum Gasteiger partial charge on any atom is 0.294 e. The second-order valence-corrected chi connectivity index (χ2v) is 10.8. The molecule has 0 bridgehead atoms. The van der Waals surface area contributed by atoms with Gasteiger partial charge >= 0.3 is 0 Å². The fourth-order valence-electron chi connectivity index (χ4n) is 3.44. The Kier molecular flexibility index (Phi) is 9.03. The maximum absolute atomic E-state index is 13.9. The highest BCUT2D eigenvalue weighted by molar-refractivity contribution is 9.10. The van der Waals surface area contributed by atoms with Gasteiger partial charge < -0.3 is 14.8 Å². The number of halogens is 5. The maximum atomic E-state index is 13.9. The minimum Gasteiger partial charge on any atom is -0.493 e. The van der Waals surface area contributed by atoms with Gasteiger partial charge in [-0.15, -0.1) is 0 Å². The lowest BCUT2D eigenvalue weighted by molar-refractivity contribution is -0.127. The van der Waals surface area contributed by atoms with E-state index in [1.165, 1.54) is 13.2 Å². The lowest BCUT2D eigenvalue weighted by atomic mass is 10.1. The van der Waals surface area contributed by atoms with Gasteiger partial charge in [-0.3, -0.25) is 19.3 Å². The first-order valence-electron chi connectivity index (χ1n) is 11.0. The SMILES string of the molecule is COc1cc(/C=C2/SC(=O)N(CC(=O)Nc3ccc(F)c(F)c3F)C2=O)cc(Br)c1OCc1ccc(Br)cc1. The van der Waals surface area contributed by atoms with Crippen LogP contribution in [0.5, 0.6) is 11.5 Å². The van der Waals surface area contributed by atoms with Gasteiger partial charge in [0.1, 0.15) is 13.2 Å². The first-order chi connectivity index (χ1) is 18.6. The molecule has 4 rings (SSSR count). The van der Waals surface area contributed by atoms with Gasteiger partial charge in [0.25, 0.3) is 11.1 Å². The summed E-state index contributed by atoms with van der Waals surface area (Å²) in [5.41, 5.74) is 0.815. The van der Waals surface area contributed by atoms with Gasteiger partial charge in [0.15, 0.2) is 29.0 Å². The van der Waals surface area contributed by atoms with Gasteiger partial charge in [0.05, 0.1) is 22.2 Å². The number of anilines is 1. The van der Waals surface area contributed by atoms with Crippen molar-refractivity contribution in [2.24, 2.45) is 0 Å². The zero-order valence-electron chi connectivity index (χ0n) is 19.9. The molecule has 7 nitrogen and oxygen atoms in total. The van der Waals surface area contributed by atoms with Gasteiger partial charge in [-0.05, 0) is 81.3 Å². The standard InChI is InChI=1S/C26H17Br2F3N2O5S/c1-37-19-9-14(8-16(28)24(19)38-12-13-2-4-15(27)5-3-13)10-20-25(35)33(26(36)39-20)11-21(34)32-18-7-6-17(29)22(30)23(18)31/h2-10H,11-12H2,1H3,(H,32,34)/b20-10+. The van der Waals surface area contributed by atoms with Gasteiger partial charge in [-0.1, -0.05) is 28.1 Å². The number of imide groups is 1.